The number of anilines is 1. The number of carbonyl (C=O) groups excluding carboxylic acids is 3. The van der Waals surface area contributed by atoms with E-state index in [0.29, 0.717) is 47.3 Å². The van der Waals surface area contributed by atoms with Gasteiger partial charge < -0.3 is 24.3 Å². The van der Waals surface area contributed by atoms with Crippen molar-refractivity contribution in [2.45, 2.75) is 97.0 Å². The molecule has 0 spiro atoms. The van der Waals surface area contributed by atoms with Gasteiger partial charge in [-0.2, -0.15) is 0 Å². The molecule has 46 heavy (non-hydrogen) atoms. The largest absolute Gasteiger partial charge is 0.487 e. The van der Waals surface area contributed by atoms with Crippen LogP contribution in [0.25, 0.3) is 0 Å². The third-order valence-electron chi connectivity index (χ3n) is 10.0. The van der Waals surface area contributed by atoms with Crippen LogP contribution in [0.15, 0.2) is 42.5 Å². The Morgan fingerprint density at radius 3 is 2.39 bits per heavy atom. The van der Waals surface area contributed by atoms with E-state index in [1.807, 2.05) is 11.8 Å². The van der Waals surface area contributed by atoms with Crippen LogP contribution in [0.2, 0.25) is 23.2 Å². The summed E-state index contributed by atoms with van der Waals surface area (Å²) in [5.74, 6) is 0.0302. The number of benzene rings is 2. The zero-order valence-corrected chi connectivity index (χ0v) is 30.6. The quantitative estimate of drug-likeness (QED) is 0.275. The average Bonchev–Trinajstić information content (AvgIpc) is 3.01. The van der Waals surface area contributed by atoms with Crippen molar-refractivity contribution in [1.29, 1.82) is 0 Å². The van der Waals surface area contributed by atoms with Crippen molar-refractivity contribution in [3.05, 3.63) is 58.6 Å². The van der Waals surface area contributed by atoms with Crippen LogP contribution in [-0.4, -0.2) is 74.7 Å². The molecular formula is C36H52ClN3O5Si. The molecule has 2 aromatic carbocycles. The summed E-state index contributed by atoms with van der Waals surface area (Å²) in [6.45, 7) is 16.3. The van der Waals surface area contributed by atoms with Gasteiger partial charge in [-0.3, -0.25) is 14.4 Å². The maximum absolute atomic E-state index is 14.3. The second-order valence-electron chi connectivity index (χ2n) is 14.7. The maximum Gasteiger partial charge on any atom is 0.258 e. The van der Waals surface area contributed by atoms with Gasteiger partial charge in [0.1, 0.15) is 11.9 Å². The molecule has 10 heteroatoms. The number of nitrogens with one attached hydrogen (secondary N) is 1. The molecule has 2 aliphatic rings. The molecule has 1 saturated carbocycles. The van der Waals surface area contributed by atoms with Crippen molar-refractivity contribution in [2.75, 3.05) is 32.1 Å². The van der Waals surface area contributed by atoms with Gasteiger partial charge in [-0.15, -0.1) is 0 Å². The lowest BCUT2D eigenvalue weighted by atomic mass is 9.88. The fourth-order valence-electron chi connectivity index (χ4n) is 5.83. The minimum atomic E-state index is -2.05. The molecule has 1 N–H and O–H groups in total. The Bertz CT molecular complexity index is 1390. The highest BCUT2D eigenvalue weighted by Crippen LogP contribution is 2.37. The molecule has 3 amide bonds. The van der Waals surface area contributed by atoms with Gasteiger partial charge in [0.2, 0.25) is 5.91 Å². The molecule has 3 atom stereocenters. The smallest absolute Gasteiger partial charge is 0.258 e. The Morgan fingerprint density at radius 1 is 1.11 bits per heavy atom. The van der Waals surface area contributed by atoms with Gasteiger partial charge >= 0.3 is 0 Å². The summed E-state index contributed by atoms with van der Waals surface area (Å²) in [5.41, 5.74) is 1.51. The van der Waals surface area contributed by atoms with E-state index in [-0.39, 0.29) is 40.6 Å². The summed E-state index contributed by atoms with van der Waals surface area (Å²) in [4.78, 5) is 44.2. The van der Waals surface area contributed by atoms with Crippen LogP contribution in [0.1, 0.15) is 87.4 Å². The number of rotatable bonds is 9. The standard InChI is InChI=1S/C36H52ClN3O5Si/c1-24-21-40(25(2)23-44-46(7,8)36(3,4)5)35(43)30-20-29(38-33(41)26-12-10-9-11-13-26)18-19-31(30)45-32(24)22-39(6)34(42)27-14-16-28(37)17-15-27/h14-20,24-26,32H,9-13,21-23H2,1-8H3,(H,38,41)/t24-,25-,32+/m1/s1. The van der Waals surface area contributed by atoms with Crippen LogP contribution in [-0.2, 0) is 9.22 Å². The lowest BCUT2D eigenvalue weighted by molar-refractivity contribution is -0.120. The number of carbonyl (C=O) groups is 3. The fraction of sp³-hybridized carbons (Fsp3) is 0.583. The zero-order chi connectivity index (χ0) is 33.8. The van der Waals surface area contributed by atoms with Crippen molar-refractivity contribution in [3.8, 4) is 5.75 Å². The minimum Gasteiger partial charge on any atom is -0.487 e. The fourth-order valence-corrected chi connectivity index (χ4v) is 7.05. The predicted molar refractivity (Wildman–Crippen MR) is 187 cm³/mol. The normalized spacial score (nSPS) is 20.2. The van der Waals surface area contributed by atoms with E-state index in [1.165, 1.54) is 6.42 Å². The van der Waals surface area contributed by atoms with Crippen molar-refractivity contribution in [1.82, 2.24) is 9.80 Å². The molecular weight excluding hydrogens is 618 g/mol. The molecule has 0 saturated heterocycles. The van der Waals surface area contributed by atoms with Gasteiger partial charge in [-0.1, -0.05) is 58.6 Å². The maximum atomic E-state index is 14.3. The highest BCUT2D eigenvalue weighted by atomic mass is 35.5. The first-order valence-electron chi connectivity index (χ1n) is 16.6. The number of halogens is 1. The van der Waals surface area contributed by atoms with Crippen LogP contribution >= 0.6 is 11.6 Å². The van der Waals surface area contributed by atoms with E-state index in [4.69, 9.17) is 20.8 Å². The van der Waals surface area contributed by atoms with Crippen LogP contribution in [0.5, 0.6) is 5.75 Å². The second kappa shape index (κ2) is 14.9. The van der Waals surface area contributed by atoms with Crippen LogP contribution in [0.4, 0.5) is 5.69 Å². The van der Waals surface area contributed by atoms with Crippen molar-refractivity contribution >= 4 is 43.3 Å². The predicted octanol–water partition coefficient (Wildman–Crippen LogP) is 7.88. The first-order chi connectivity index (χ1) is 21.6. The number of hydrogen-bond acceptors (Lipinski definition) is 5. The van der Waals surface area contributed by atoms with Gasteiger partial charge in [0.25, 0.3) is 11.8 Å². The summed E-state index contributed by atoms with van der Waals surface area (Å²) in [6.07, 6.45) is 4.67. The van der Waals surface area contributed by atoms with Crippen molar-refractivity contribution < 1.29 is 23.5 Å². The van der Waals surface area contributed by atoms with E-state index < -0.39 is 14.4 Å². The first kappa shape index (κ1) is 36.0. The highest BCUT2D eigenvalue weighted by Gasteiger charge is 2.39. The molecule has 8 nitrogen and oxygen atoms in total. The molecule has 0 aromatic heterocycles. The van der Waals surface area contributed by atoms with Gasteiger partial charge in [-0.05, 0) is 80.4 Å². The Hall–Kier alpha value is -2.88. The Labute approximate surface area is 281 Å². The summed E-state index contributed by atoms with van der Waals surface area (Å²) in [6, 6.07) is 11.9. The summed E-state index contributed by atoms with van der Waals surface area (Å²) in [5, 5.41) is 3.67. The molecule has 4 rings (SSSR count). The number of ether oxygens (including phenoxy) is 1. The van der Waals surface area contributed by atoms with Gasteiger partial charge in [0.15, 0.2) is 8.32 Å². The van der Waals surface area contributed by atoms with E-state index in [9.17, 15) is 14.4 Å². The summed E-state index contributed by atoms with van der Waals surface area (Å²) < 4.78 is 13.1. The summed E-state index contributed by atoms with van der Waals surface area (Å²) in [7, 11) is -0.296. The monoisotopic (exact) mass is 669 g/mol. The SMILES string of the molecule is C[C@@H]1CN([C@H](C)CO[Si](C)(C)C(C)(C)C)C(=O)c2cc(NC(=O)C3CCCCC3)ccc2O[C@H]1CN(C)C(=O)c1ccc(Cl)cc1. The topological polar surface area (TPSA) is 88.2 Å². The number of nitrogens with zero attached hydrogens (tertiary/aromatic N) is 2. The Kier molecular flexibility index (Phi) is 11.7. The lowest BCUT2D eigenvalue weighted by Crippen LogP contribution is -2.52. The molecule has 2 aromatic rings. The molecule has 1 fully saturated rings. The van der Waals surface area contributed by atoms with Gasteiger partial charge in [0, 0.05) is 41.7 Å². The highest BCUT2D eigenvalue weighted by molar-refractivity contribution is 6.74. The van der Waals surface area contributed by atoms with Crippen LogP contribution in [0, 0.1) is 11.8 Å². The minimum absolute atomic E-state index is 0.000640. The molecule has 1 aliphatic carbocycles. The van der Waals surface area contributed by atoms with Crippen molar-refractivity contribution in [2.24, 2.45) is 11.8 Å². The van der Waals surface area contributed by atoms with Crippen LogP contribution in [0.3, 0.4) is 0 Å². The molecule has 252 valence electrons. The Morgan fingerprint density at radius 2 is 1.76 bits per heavy atom. The van der Waals surface area contributed by atoms with E-state index in [1.54, 1.807) is 54.4 Å². The average molecular weight is 670 g/mol. The number of fused-ring (bicyclic) bond motifs is 1. The van der Waals surface area contributed by atoms with Gasteiger partial charge in [-0.25, -0.2) is 0 Å². The summed E-state index contributed by atoms with van der Waals surface area (Å²) >= 11 is 6.04. The Balaban J connectivity index is 1.62. The third kappa shape index (κ3) is 8.72. The zero-order valence-electron chi connectivity index (χ0n) is 28.8. The second-order valence-corrected chi connectivity index (χ2v) is 20.0. The molecule has 0 bridgehead atoms. The molecule has 0 unspecified atom stereocenters. The molecule has 1 heterocycles. The van der Waals surface area contributed by atoms with Gasteiger partial charge in [0.05, 0.1) is 24.8 Å². The lowest BCUT2D eigenvalue weighted by Gasteiger charge is -2.41. The number of amides is 3. The first-order valence-corrected chi connectivity index (χ1v) is 19.9. The molecule has 1 aliphatic heterocycles. The van der Waals surface area contributed by atoms with E-state index in [0.717, 1.165) is 25.7 Å². The van der Waals surface area contributed by atoms with Crippen LogP contribution < -0.4 is 10.1 Å². The molecule has 0 radical (unpaired) electrons. The number of likely N-dealkylation sites (N-methyl/N-ethyl adjacent to an activating group) is 1. The van der Waals surface area contributed by atoms with E-state index in [2.05, 4.69) is 46.1 Å². The third-order valence-corrected chi connectivity index (χ3v) is 14.8. The van der Waals surface area contributed by atoms with E-state index >= 15 is 0 Å². The number of hydrogen-bond donors (Lipinski definition) is 1. The van der Waals surface area contributed by atoms with Crippen molar-refractivity contribution in [3.63, 3.8) is 0 Å².